The van der Waals surface area contributed by atoms with Crippen LogP contribution in [-0.4, -0.2) is 35.5 Å². The van der Waals surface area contributed by atoms with Crippen molar-refractivity contribution in [2.75, 3.05) is 13.1 Å². The van der Waals surface area contributed by atoms with Gasteiger partial charge in [0.05, 0.1) is 12.0 Å². The maximum atomic E-state index is 12.0. The van der Waals surface area contributed by atoms with E-state index in [4.69, 9.17) is 0 Å². The number of amides is 2. The van der Waals surface area contributed by atoms with Gasteiger partial charge in [-0.25, -0.2) is 5.43 Å². The van der Waals surface area contributed by atoms with E-state index in [0.29, 0.717) is 15.7 Å². The zero-order valence-corrected chi connectivity index (χ0v) is 13.5. The molecule has 1 aliphatic heterocycles. The molecule has 0 spiro atoms. The second-order valence-corrected chi connectivity index (χ2v) is 5.89. The second-order valence-electron chi connectivity index (χ2n) is 5.03. The summed E-state index contributed by atoms with van der Waals surface area (Å²) in [5.74, 6) is -0.223. The summed E-state index contributed by atoms with van der Waals surface area (Å²) in [6, 6.07) is 7.12. The third-order valence-electron chi connectivity index (χ3n) is 3.33. The molecule has 1 N–H and O–H groups in total. The summed E-state index contributed by atoms with van der Waals surface area (Å²) in [6.07, 6.45) is 2.39. The van der Waals surface area contributed by atoms with Crippen molar-refractivity contribution in [2.45, 2.75) is 26.2 Å². The predicted octanol–water partition coefficient (Wildman–Crippen LogP) is 2.57. The lowest BCUT2D eigenvalue weighted by Crippen LogP contribution is -2.29. The molecular weight excluding hydrogens is 334 g/mol. The lowest BCUT2D eigenvalue weighted by atomic mass is 10.2. The first kappa shape index (κ1) is 15.7. The molecule has 1 saturated heterocycles. The van der Waals surface area contributed by atoms with Gasteiger partial charge in [-0.15, -0.1) is 0 Å². The highest BCUT2D eigenvalue weighted by atomic mass is 79.9. The Morgan fingerprint density at radius 3 is 2.62 bits per heavy atom. The molecule has 1 heterocycles. The summed E-state index contributed by atoms with van der Waals surface area (Å²) in [5, 5.41) is 4.00. The molecule has 1 aromatic carbocycles. The predicted molar refractivity (Wildman–Crippen MR) is 85.1 cm³/mol. The van der Waals surface area contributed by atoms with Crippen molar-refractivity contribution in [1.82, 2.24) is 10.3 Å². The minimum Gasteiger partial charge on any atom is -0.342 e. The Hall–Kier alpha value is -1.69. The molecule has 21 heavy (non-hydrogen) atoms. The van der Waals surface area contributed by atoms with E-state index < -0.39 is 0 Å². The second kappa shape index (κ2) is 7.36. The van der Waals surface area contributed by atoms with E-state index >= 15 is 0 Å². The number of halogens is 1. The molecule has 2 rings (SSSR count). The molecule has 0 radical (unpaired) electrons. The largest absolute Gasteiger partial charge is 0.342 e. The molecule has 1 aliphatic rings. The molecule has 0 unspecified atom stereocenters. The van der Waals surface area contributed by atoms with Gasteiger partial charge in [-0.05, 0) is 47.8 Å². The Morgan fingerprint density at radius 1 is 1.29 bits per heavy atom. The van der Waals surface area contributed by atoms with E-state index in [1.807, 2.05) is 11.0 Å². The molecular formula is C15H18BrN3O2. The maximum Gasteiger partial charge on any atom is 0.272 e. The molecule has 2 amide bonds. The van der Waals surface area contributed by atoms with E-state index in [1.54, 1.807) is 25.1 Å². The van der Waals surface area contributed by atoms with Gasteiger partial charge in [-0.2, -0.15) is 5.10 Å². The van der Waals surface area contributed by atoms with Gasteiger partial charge in [-0.1, -0.05) is 12.1 Å². The lowest BCUT2D eigenvalue weighted by Gasteiger charge is -2.14. The van der Waals surface area contributed by atoms with Crippen molar-refractivity contribution in [3.05, 3.63) is 34.3 Å². The smallest absolute Gasteiger partial charge is 0.272 e. The normalized spacial score (nSPS) is 15.1. The molecule has 0 atom stereocenters. The Kier molecular flexibility index (Phi) is 5.50. The van der Waals surface area contributed by atoms with Crippen LogP contribution in [0.5, 0.6) is 0 Å². The first-order valence-corrected chi connectivity index (χ1v) is 7.73. The highest BCUT2D eigenvalue weighted by Crippen LogP contribution is 2.15. The van der Waals surface area contributed by atoms with Gasteiger partial charge in [-0.3, -0.25) is 9.59 Å². The van der Waals surface area contributed by atoms with Crippen molar-refractivity contribution < 1.29 is 9.59 Å². The number of carbonyl (C=O) groups excluding carboxylic acids is 2. The quantitative estimate of drug-likeness (QED) is 0.669. The minimum atomic E-state index is -0.296. The van der Waals surface area contributed by atoms with Crippen molar-refractivity contribution in [1.29, 1.82) is 0 Å². The summed E-state index contributed by atoms with van der Waals surface area (Å²) < 4.78 is 0.712. The van der Waals surface area contributed by atoms with Crippen molar-refractivity contribution in [3.63, 3.8) is 0 Å². The number of carbonyl (C=O) groups is 2. The number of hydrazone groups is 1. The number of nitrogens with zero attached hydrogens (tertiary/aromatic N) is 2. The van der Waals surface area contributed by atoms with Gasteiger partial charge in [0.15, 0.2) is 0 Å². The SMILES string of the molecule is C/C(CC(=O)N1CCCC1)=N/NC(=O)c1ccccc1Br. The van der Waals surface area contributed by atoms with Crippen LogP contribution >= 0.6 is 15.9 Å². The Bertz CT molecular complexity index is 566. The van der Waals surface area contributed by atoms with Crippen LogP contribution in [0.3, 0.4) is 0 Å². The van der Waals surface area contributed by atoms with Crippen LogP contribution in [0.25, 0.3) is 0 Å². The van der Waals surface area contributed by atoms with E-state index in [0.717, 1.165) is 25.9 Å². The number of hydrogen-bond donors (Lipinski definition) is 1. The Labute approximate surface area is 132 Å². The fraction of sp³-hybridized carbons (Fsp3) is 0.400. The van der Waals surface area contributed by atoms with E-state index in [9.17, 15) is 9.59 Å². The van der Waals surface area contributed by atoms with Gasteiger partial charge in [0.2, 0.25) is 5.91 Å². The Morgan fingerprint density at radius 2 is 1.95 bits per heavy atom. The monoisotopic (exact) mass is 351 g/mol. The summed E-state index contributed by atoms with van der Waals surface area (Å²) in [4.78, 5) is 25.8. The zero-order valence-electron chi connectivity index (χ0n) is 11.9. The molecule has 112 valence electrons. The van der Waals surface area contributed by atoms with E-state index in [-0.39, 0.29) is 18.2 Å². The summed E-state index contributed by atoms with van der Waals surface area (Å²) in [6.45, 7) is 3.40. The van der Waals surface area contributed by atoms with Gasteiger partial charge in [0, 0.05) is 23.3 Å². The third kappa shape index (κ3) is 4.39. The molecule has 0 saturated carbocycles. The highest BCUT2D eigenvalue weighted by Gasteiger charge is 2.18. The van der Waals surface area contributed by atoms with Crippen molar-refractivity contribution >= 4 is 33.5 Å². The van der Waals surface area contributed by atoms with Crippen molar-refractivity contribution in [2.24, 2.45) is 5.10 Å². The molecule has 0 aromatic heterocycles. The van der Waals surface area contributed by atoms with Crippen LogP contribution in [0.2, 0.25) is 0 Å². The first-order valence-electron chi connectivity index (χ1n) is 6.93. The van der Waals surface area contributed by atoms with E-state index in [2.05, 4.69) is 26.5 Å². The molecule has 0 bridgehead atoms. The number of nitrogens with one attached hydrogen (secondary N) is 1. The zero-order chi connectivity index (χ0) is 15.2. The van der Waals surface area contributed by atoms with Gasteiger partial charge < -0.3 is 4.90 Å². The van der Waals surface area contributed by atoms with Gasteiger partial charge in [0.25, 0.3) is 5.91 Å². The van der Waals surface area contributed by atoms with Crippen molar-refractivity contribution in [3.8, 4) is 0 Å². The van der Waals surface area contributed by atoms with Crippen LogP contribution < -0.4 is 5.43 Å². The Balaban J connectivity index is 1.89. The summed E-state index contributed by atoms with van der Waals surface area (Å²) in [5.41, 5.74) is 3.60. The molecule has 1 aromatic rings. The third-order valence-corrected chi connectivity index (χ3v) is 4.02. The topological polar surface area (TPSA) is 61.8 Å². The highest BCUT2D eigenvalue weighted by molar-refractivity contribution is 9.10. The molecule has 0 aliphatic carbocycles. The maximum absolute atomic E-state index is 12.0. The fourth-order valence-corrected chi connectivity index (χ4v) is 2.65. The van der Waals surface area contributed by atoms with Crippen LogP contribution in [0.4, 0.5) is 0 Å². The average molecular weight is 352 g/mol. The minimum absolute atomic E-state index is 0.0730. The molecule has 5 nitrogen and oxygen atoms in total. The summed E-state index contributed by atoms with van der Waals surface area (Å²) >= 11 is 3.32. The first-order chi connectivity index (χ1) is 10.1. The summed E-state index contributed by atoms with van der Waals surface area (Å²) in [7, 11) is 0. The van der Waals surface area contributed by atoms with Crippen LogP contribution in [0.15, 0.2) is 33.8 Å². The molecule has 6 heteroatoms. The van der Waals surface area contributed by atoms with Crippen LogP contribution in [-0.2, 0) is 4.79 Å². The van der Waals surface area contributed by atoms with Crippen LogP contribution in [0, 0.1) is 0 Å². The lowest BCUT2D eigenvalue weighted by molar-refractivity contribution is -0.128. The average Bonchev–Trinajstić information content (AvgIpc) is 2.99. The number of hydrogen-bond acceptors (Lipinski definition) is 3. The van der Waals surface area contributed by atoms with Gasteiger partial charge in [0.1, 0.15) is 0 Å². The van der Waals surface area contributed by atoms with E-state index in [1.165, 1.54) is 0 Å². The number of likely N-dealkylation sites (tertiary alicyclic amines) is 1. The number of rotatable bonds is 4. The fourth-order valence-electron chi connectivity index (χ4n) is 2.19. The number of benzene rings is 1. The van der Waals surface area contributed by atoms with Crippen LogP contribution in [0.1, 0.15) is 36.5 Å². The van der Waals surface area contributed by atoms with Gasteiger partial charge >= 0.3 is 0 Å². The molecule has 1 fully saturated rings. The standard InChI is InChI=1S/C15H18BrN3O2/c1-11(10-14(20)19-8-4-5-9-19)17-18-15(21)12-6-2-3-7-13(12)16/h2-3,6-7H,4-5,8-10H2,1H3,(H,18,21)/b17-11-.